The van der Waals surface area contributed by atoms with Crippen molar-refractivity contribution in [1.29, 1.82) is 0 Å². The van der Waals surface area contributed by atoms with Crippen molar-refractivity contribution in [2.45, 2.75) is 26.8 Å². The molecule has 2 N–H and O–H groups in total. The number of aromatic nitrogens is 3. The zero-order chi connectivity index (χ0) is 18.8. The molecule has 2 heterocycles. The largest absolute Gasteiger partial charge is 0.355 e. The van der Waals surface area contributed by atoms with Crippen LogP contribution < -0.4 is 10.6 Å². The highest BCUT2D eigenvalue weighted by molar-refractivity contribution is 6.10. The van der Waals surface area contributed by atoms with Gasteiger partial charge in [-0.3, -0.25) is 9.59 Å². The van der Waals surface area contributed by atoms with Crippen LogP contribution in [0.15, 0.2) is 36.7 Å². The number of amides is 2. The number of nitrogens with one attached hydrogen (secondary N) is 2. The Morgan fingerprint density at radius 2 is 1.92 bits per heavy atom. The lowest BCUT2D eigenvalue weighted by atomic mass is 10.1. The van der Waals surface area contributed by atoms with Crippen LogP contribution in [-0.4, -0.2) is 33.6 Å². The monoisotopic (exact) mass is 351 g/mol. The van der Waals surface area contributed by atoms with Crippen LogP contribution in [0.5, 0.6) is 0 Å². The van der Waals surface area contributed by atoms with Gasteiger partial charge in [-0.25, -0.2) is 9.67 Å². The van der Waals surface area contributed by atoms with Crippen molar-refractivity contribution in [3.8, 4) is 0 Å². The summed E-state index contributed by atoms with van der Waals surface area (Å²) in [4.78, 5) is 29.2. The quantitative estimate of drug-likeness (QED) is 0.756. The molecule has 0 radical (unpaired) electrons. The molecule has 7 nitrogen and oxygen atoms in total. The molecule has 0 spiro atoms. The van der Waals surface area contributed by atoms with Gasteiger partial charge in [-0.15, -0.1) is 0 Å². The lowest BCUT2D eigenvalue weighted by Crippen LogP contribution is -2.22. The molecule has 2 aromatic heterocycles. The molecule has 0 saturated heterocycles. The molecule has 3 rings (SSSR count). The highest BCUT2D eigenvalue weighted by Crippen LogP contribution is 2.21. The average molecular weight is 351 g/mol. The highest BCUT2D eigenvalue weighted by Gasteiger charge is 2.17. The number of benzene rings is 1. The van der Waals surface area contributed by atoms with Crippen LogP contribution in [0.1, 0.15) is 46.2 Å². The summed E-state index contributed by atoms with van der Waals surface area (Å²) in [6.45, 7) is 5.87. The molecule has 0 unspecified atom stereocenters. The predicted molar refractivity (Wildman–Crippen MR) is 100 cm³/mol. The van der Waals surface area contributed by atoms with Gasteiger partial charge in [-0.1, -0.05) is 12.1 Å². The Bertz CT molecular complexity index is 991. The minimum atomic E-state index is -0.326. The summed E-state index contributed by atoms with van der Waals surface area (Å²) in [5.74, 6) is -0.572. The summed E-state index contributed by atoms with van der Waals surface area (Å²) in [5, 5.41) is 10.5. The number of anilines is 1. The highest BCUT2D eigenvalue weighted by atomic mass is 16.2. The Morgan fingerprint density at radius 1 is 1.15 bits per heavy atom. The summed E-state index contributed by atoms with van der Waals surface area (Å²) < 4.78 is 1.81. The van der Waals surface area contributed by atoms with Crippen molar-refractivity contribution in [1.82, 2.24) is 20.1 Å². The maximum atomic E-state index is 12.7. The Labute approximate surface area is 151 Å². The number of pyridine rings is 1. The van der Waals surface area contributed by atoms with Crippen LogP contribution in [0.2, 0.25) is 0 Å². The summed E-state index contributed by atoms with van der Waals surface area (Å²) in [6, 6.07) is 7.26. The standard InChI is InChI=1S/C19H21N5O2/c1-11(2)24-17-13(10-22-24)8-14(9-21-17)18(25)23-15-7-5-6-12(3)16(15)19(26)20-4/h5-11H,1-4H3,(H,20,26)(H,23,25). The van der Waals surface area contributed by atoms with Gasteiger partial charge in [0.05, 0.1) is 23.0 Å². The van der Waals surface area contributed by atoms with Gasteiger partial charge in [0.2, 0.25) is 0 Å². The van der Waals surface area contributed by atoms with Gasteiger partial charge < -0.3 is 10.6 Å². The minimum absolute atomic E-state index is 0.182. The number of rotatable bonds is 4. The van der Waals surface area contributed by atoms with Crippen LogP contribution in [0.3, 0.4) is 0 Å². The van der Waals surface area contributed by atoms with Crippen molar-refractivity contribution < 1.29 is 9.59 Å². The first kappa shape index (κ1) is 17.6. The van der Waals surface area contributed by atoms with E-state index in [1.54, 1.807) is 36.1 Å². The molecule has 0 atom stereocenters. The van der Waals surface area contributed by atoms with E-state index in [2.05, 4.69) is 20.7 Å². The zero-order valence-corrected chi connectivity index (χ0v) is 15.2. The van der Waals surface area contributed by atoms with E-state index in [9.17, 15) is 9.59 Å². The van der Waals surface area contributed by atoms with E-state index >= 15 is 0 Å². The van der Waals surface area contributed by atoms with E-state index in [0.29, 0.717) is 16.8 Å². The Morgan fingerprint density at radius 3 is 2.62 bits per heavy atom. The molecule has 134 valence electrons. The lowest BCUT2D eigenvalue weighted by molar-refractivity contribution is 0.0963. The smallest absolute Gasteiger partial charge is 0.257 e. The van der Waals surface area contributed by atoms with Crippen molar-refractivity contribution in [2.24, 2.45) is 0 Å². The molecule has 0 bridgehead atoms. The average Bonchev–Trinajstić information content (AvgIpc) is 3.04. The zero-order valence-electron chi connectivity index (χ0n) is 15.2. The van der Waals surface area contributed by atoms with Gasteiger partial charge >= 0.3 is 0 Å². The van der Waals surface area contributed by atoms with Gasteiger partial charge in [-0.05, 0) is 38.5 Å². The molecule has 2 amide bonds. The molecule has 7 heteroatoms. The molecular weight excluding hydrogens is 330 g/mol. The first-order valence-electron chi connectivity index (χ1n) is 8.38. The Hall–Kier alpha value is -3.22. The number of aryl methyl sites for hydroxylation is 1. The number of hydrogen-bond acceptors (Lipinski definition) is 4. The van der Waals surface area contributed by atoms with E-state index in [0.717, 1.165) is 16.6 Å². The van der Waals surface area contributed by atoms with Crippen molar-refractivity contribution in [3.05, 3.63) is 53.3 Å². The molecule has 0 saturated carbocycles. The molecule has 26 heavy (non-hydrogen) atoms. The van der Waals surface area contributed by atoms with Gasteiger partial charge in [0.15, 0.2) is 5.65 Å². The molecule has 3 aromatic rings. The fourth-order valence-corrected chi connectivity index (χ4v) is 2.83. The van der Waals surface area contributed by atoms with E-state index in [4.69, 9.17) is 0 Å². The molecule has 0 fully saturated rings. The summed E-state index contributed by atoms with van der Waals surface area (Å²) >= 11 is 0. The number of carbonyl (C=O) groups excluding carboxylic acids is 2. The Balaban J connectivity index is 1.93. The molecular formula is C19H21N5O2. The minimum Gasteiger partial charge on any atom is -0.355 e. The number of carbonyl (C=O) groups is 2. The summed E-state index contributed by atoms with van der Waals surface area (Å²) in [7, 11) is 1.56. The molecule has 0 aliphatic heterocycles. The third-order valence-corrected chi connectivity index (χ3v) is 4.16. The van der Waals surface area contributed by atoms with Crippen molar-refractivity contribution in [2.75, 3.05) is 12.4 Å². The van der Waals surface area contributed by atoms with E-state index < -0.39 is 0 Å². The second-order valence-electron chi connectivity index (χ2n) is 6.35. The van der Waals surface area contributed by atoms with E-state index in [1.165, 1.54) is 6.20 Å². The van der Waals surface area contributed by atoms with Crippen LogP contribution in [0, 0.1) is 6.92 Å². The van der Waals surface area contributed by atoms with E-state index in [-0.39, 0.29) is 17.9 Å². The molecule has 0 aliphatic rings. The first-order chi connectivity index (χ1) is 12.4. The van der Waals surface area contributed by atoms with E-state index in [1.807, 2.05) is 26.8 Å². The molecule has 0 aliphatic carbocycles. The van der Waals surface area contributed by atoms with Crippen molar-refractivity contribution in [3.63, 3.8) is 0 Å². The van der Waals surface area contributed by atoms with Crippen LogP contribution in [-0.2, 0) is 0 Å². The van der Waals surface area contributed by atoms with Gasteiger partial charge in [0, 0.05) is 24.7 Å². The van der Waals surface area contributed by atoms with Gasteiger partial charge in [0.25, 0.3) is 11.8 Å². The van der Waals surface area contributed by atoms with Crippen LogP contribution in [0.4, 0.5) is 5.69 Å². The van der Waals surface area contributed by atoms with Crippen LogP contribution >= 0.6 is 0 Å². The van der Waals surface area contributed by atoms with Crippen LogP contribution in [0.25, 0.3) is 11.0 Å². The predicted octanol–water partition coefficient (Wildman–Crippen LogP) is 2.93. The third kappa shape index (κ3) is 3.15. The number of nitrogens with zero attached hydrogens (tertiary/aromatic N) is 3. The number of fused-ring (bicyclic) bond motifs is 1. The third-order valence-electron chi connectivity index (χ3n) is 4.16. The Kier molecular flexibility index (Phi) is 4.71. The lowest BCUT2D eigenvalue weighted by Gasteiger charge is -2.12. The van der Waals surface area contributed by atoms with Gasteiger partial charge in [-0.2, -0.15) is 5.10 Å². The fourth-order valence-electron chi connectivity index (χ4n) is 2.83. The first-order valence-corrected chi connectivity index (χ1v) is 8.38. The second-order valence-corrected chi connectivity index (χ2v) is 6.35. The summed E-state index contributed by atoms with van der Waals surface area (Å²) in [5.41, 5.74) is 2.84. The SMILES string of the molecule is CNC(=O)c1c(C)cccc1NC(=O)c1cnc2c(cnn2C(C)C)c1. The number of hydrogen-bond donors (Lipinski definition) is 2. The molecule has 1 aromatic carbocycles. The fraction of sp³-hybridized carbons (Fsp3) is 0.263. The maximum Gasteiger partial charge on any atom is 0.257 e. The maximum absolute atomic E-state index is 12.7. The summed E-state index contributed by atoms with van der Waals surface area (Å²) in [6.07, 6.45) is 3.22. The second kappa shape index (κ2) is 6.95. The normalized spacial score (nSPS) is 11.0. The topological polar surface area (TPSA) is 88.9 Å². The van der Waals surface area contributed by atoms with Gasteiger partial charge in [0.1, 0.15) is 0 Å². The van der Waals surface area contributed by atoms with Crippen molar-refractivity contribution >= 4 is 28.5 Å².